The molecule has 0 aromatic carbocycles. The van der Waals surface area contributed by atoms with Crippen LogP contribution in [0.1, 0.15) is 5.69 Å². The van der Waals surface area contributed by atoms with E-state index < -0.39 is 0 Å². The highest BCUT2D eigenvalue weighted by molar-refractivity contribution is 7.98. The summed E-state index contributed by atoms with van der Waals surface area (Å²) in [5, 5.41) is 7.92. The number of hydrogen-bond acceptors (Lipinski definition) is 6. The smallest absolute Gasteiger partial charge is 0.190 e. The van der Waals surface area contributed by atoms with Gasteiger partial charge in [-0.15, -0.1) is 0 Å². The normalized spacial score (nSPS) is 10.4. The molecular formula is C9H9ClN4OS. The summed E-state index contributed by atoms with van der Waals surface area (Å²) in [6.45, 7) is 0.539. The third kappa shape index (κ3) is 2.86. The molecule has 2 aromatic rings. The largest absolute Gasteiger partial charge is 0.364 e. The van der Waals surface area contributed by atoms with Gasteiger partial charge in [0.15, 0.2) is 5.16 Å². The molecule has 0 unspecified atom stereocenters. The van der Waals surface area contributed by atoms with Gasteiger partial charge in [-0.3, -0.25) is 0 Å². The first-order valence-corrected chi connectivity index (χ1v) is 6.10. The first-order chi connectivity index (χ1) is 7.78. The van der Waals surface area contributed by atoms with Gasteiger partial charge in [0, 0.05) is 12.1 Å². The molecule has 0 aliphatic heterocycles. The van der Waals surface area contributed by atoms with Gasteiger partial charge in [0.1, 0.15) is 22.9 Å². The van der Waals surface area contributed by atoms with Gasteiger partial charge in [-0.1, -0.05) is 28.5 Å². The Balaban J connectivity index is 2.06. The van der Waals surface area contributed by atoms with E-state index in [1.54, 1.807) is 12.1 Å². The molecule has 0 spiro atoms. The molecule has 0 amide bonds. The van der Waals surface area contributed by atoms with Crippen molar-refractivity contribution in [2.45, 2.75) is 11.7 Å². The lowest BCUT2D eigenvalue weighted by Crippen LogP contribution is -2.02. The van der Waals surface area contributed by atoms with E-state index in [-0.39, 0.29) is 0 Å². The second-order valence-corrected chi connectivity index (χ2v) is 4.07. The van der Waals surface area contributed by atoms with Crippen LogP contribution in [0.25, 0.3) is 0 Å². The van der Waals surface area contributed by atoms with E-state index in [4.69, 9.17) is 16.1 Å². The van der Waals surface area contributed by atoms with Gasteiger partial charge in [0.25, 0.3) is 0 Å². The maximum absolute atomic E-state index is 5.85. The second-order valence-electron chi connectivity index (χ2n) is 2.91. The first-order valence-electron chi connectivity index (χ1n) is 4.49. The van der Waals surface area contributed by atoms with Crippen LogP contribution in [-0.4, -0.2) is 21.4 Å². The van der Waals surface area contributed by atoms with E-state index in [2.05, 4.69) is 20.4 Å². The van der Waals surface area contributed by atoms with Gasteiger partial charge in [0.05, 0.1) is 6.54 Å². The van der Waals surface area contributed by atoms with E-state index in [1.165, 1.54) is 18.0 Å². The topological polar surface area (TPSA) is 63.8 Å². The van der Waals surface area contributed by atoms with E-state index >= 15 is 0 Å². The minimum absolute atomic E-state index is 0.419. The van der Waals surface area contributed by atoms with Crippen molar-refractivity contribution in [2.24, 2.45) is 0 Å². The lowest BCUT2D eigenvalue weighted by atomic mass is 10.4. The summed E-state index contributed by atoms with van der Waals surface area (Å²) in [4.78, 5) is 8.29. The molecule has 0 bridgehead atoms. The van der Waals surface area contributed by atoms with Crippen LogP contribution in [0.4, 0.5) is 5.82 Å². The van der Waals surface area contributed by atoms with Gasteiger partial charge in [0.2, 0.25) is 0 Å². The standard InChI is InChI=1S/C9H9ClN4OS/c1-16-9-12-7(10)4-8(13-9)11-5-6-2-3-15-14-6/h2-4H,5H2,1H3,(H,11,12,13). The fourth-order valence-corrected chi connectivity index (χ4v) is 1.70. The quantitative estimate of drug-likeness (QED) is 0.515. The van der Waals surface area contributed by atoms with Crippen LogP contribution in [0.3, 0.4) is 0 Å². The molecule has 1 N–H and O–H groups in total. The van der Waals surface area contributed by atoms with Crippen LogP contribution in [0.2, 0.25) is 5.15 Å². The van der Waals surface area contributed by atoms with Crippen molar-refractivity contribution in [3.63, 3.8) is 0 Å². The van der Waals surface area contributed by atoms with Crippen molar-refractivity contribution in [2.75, 3.05) is 11.6 Å². The highest BCUT2D eigenvalue weighted by atomic mass is 35.5. The molecular weight excluding hydrogens is 248 g/mol. The van der Waals surface area contributed by atoms with Gasteiger partial charge in [-0.2, -0.15) is 0 Å². The maximum atomic E-state index is 5.85. The summed E-state index contributed by atoms with van der Waals surface area (Å²) in [5.74, 6) is 0.673. The lowest BCUT2D eigenvalue weighted by molar-refractivity contribution is 0.412. The Morgan fingerprint density at radius 1 is 1.50 bits per heavy atom. The molecule has 0 saturated carbocycles. The molecule has 16 heavy (non-hydrogen) atoms. The van der Waals surface area contributed by atoms with Gasteiger partial charge in [-0.05, 0) is 6.26 Å². The number of anilines is 1. The third-order valence-corrected chi connectivity index (χ3v) is 2.54. The molecule has 0 aliphatic carbocycles. The monoisotopic (exact) mass is 256 g/mol. The van der Waals surface area contributed by atoms with E-state index in [9.17, 15) is 0 Å². The summed E-state index contributed by atoms with van der Waals surface area (Å²) in [6.07, 6.45) is 3.42. The minimum atomic E-state index is 0.419. The maximum Gasteiger partial charge on any atom is 0.190 e. The number of nitrogens with one attached hydrogen (secondary N) is 1. The van der Waals surface area contributed by atoms with Crippen molar-refractivity contribution in [3.05, 3.63) is 29.2 Å². The average molecular weight is 257 g/mol. The van der Waals surface area contributed by atoms with Gasteiger partial charge >= 0.3 is 0 Å². The van der Waals surface area contributed by atoms with E-state index in [0.29, 0.717) is 22.7 Å². The fourth-order valence-electron chi connectivity index (χ4n) is 1.09. The Hall–Kier alpha value is -1.27. The number of nitrogens with zero attached hydrogens (tertiary/aromatic N) is 3. The fraction of sp³-hybridized carbons (Fsp3) is 0.222. The van der Waals surface area contributed by atoms with Crippen LogP contribution in [0.15, 0.2) is 28.1 Å². The molecule has 5 nitrogen and oxygen atoms in total. The summed E-state index contributed by atoms with van der Waals surface area (Å²) in [5.41, 5.74) is 0.806. The molecule has 2 rings (SSSR count). The Morgan fingerprint density at radius 3 is 3.06 bits per heavy atom. The third-order valence-electron chi connectivity index (χ3n) is 1.80. The Kier molecular flexibility index (Phi) is 3.63. The zero-order valence-electron chi connectivity index (χ0n) is 8.48. The van der Waals surface area contributed by atoms with E-state index in [0.717, 1.165) is 5.69 Å². The molecule has 0 fully saturated rings. The van der Waals surface area contributed by atoms with Crippen LogP contribution in [0.5, 0.6) is 0 Å². The molecule has 0 radical (unpaired) electrons. The van der Waals surface area contributed by atoms with E-state index in [1.807, 2.05) is 6.26 Å². The zero-order chi connectivity index (χ0) is 11.4. The Labute approximate surface area is 102 Å². The number of halogens is 1. The molecule has 2 heterocycles. The molecule has 7 heteroatoms. The number of aromatic nitrogens is 3. The Bertz CT molecular complexity index is 463. The summed E-state index contributed by atoms with van der Waals surface area (Å²) in [7, 11) is 0. The molecule has 2 aromatic heterocycles. The second kappa shape index (κ2) is 5.18. The Morgan fingerprint density at radius 2 is 2.38 bits per heavy atom. The van der Waals surface area contributed by atoms with Crippen molar-refractivity contribution < 1.29 is 4.52 Å². The van der Waals surface area contributed by atoms with Crippen LogP contribution in [-0.2, 0) is 6.54 Å². The summed E-state index contributed by atoms with van der Waals surface area (Å²) >= 11 is 7.29. The summed E-state index contributed by atoms with van der Waals surface area (Å²) < 4.78 is 4.72. The van der Waals surface area contributed by atoms with Crippen LogP contribution >= 0.6 is 23.4 Å². The van der Waals surface area contributed by atoms with Crippen molar-refractivity contribution in [1.82, 2.24) is 15.1 Å². The SMILES string of the molecule is CSc1nc(Cl)cc(NCc2ccon2)n1. The zero-order valence-corrected chi connectivity index (χ0v) is 10.0. The summed E-state index contributed by atoms with van der Waals surface area (Å²) in [6, 6.07) is 3.45. The van der Waals surface area contributed by atoms with Crippen molar-refractivity contribution in [1.29, 1.82) is 0 Å². The molecule has 0 atom stereocenters. The van der Waals surface area contributed by atoms with Gasteiger partial charge < -0.3 is 9.84 Å². The van der Waals surface area contributed by atoms with Crippen LogP contribution in [0, 0.1) is 0 Å². The highest BCUT2D eigenvalue weighted by Gasteiger charge is 2.03. The number of thioether (sulfide) groups is 1. The predicted molar refractivity (Wildman–Crippen MR) is 62.7 cm³/mol. The predicted octanol–water partition coefficient (Wildman–Crippen LogP) is 2.45. The number of rotatable bonds is 4. The highest BCUT2D eigenvalue weighted by Crippen LogP contribution is 2.17. The first kappa shape index (κ1) is 11.2. The van der Waals surface area contributed by atoms with Crippen molar-refractivity contribution >= 4 is 29.2 Å². The molecule has 84 valence electrons. The number of hydrogen-bond donors (Lipinski definition) is 1. The average Bonchev–Trinajstić information content (AvgIpc) is 2.78. The molecule has 0 saturated heterocycles. The van der Waals surface area contributed by atoms with Crippen LogP contribution < -0.4 is 5.32 Å². The minimum Gasteiger partial charge on any atom is -0.364 e. The molecule has 0 aliphatic rings. The lowest BCUT2D eigenvalue weighted by Gasteiger charge is -2.04. The van der Waals surface area contributed by atoms with Crippen molar-refractivity contribution in [3.8, 4) is 0 Å². The van der Waals surface area contributed by atoms with Gasteiger partial charge in [-0.25, -0.2) is 9.97 Å².